The molecule has 21 heavy (non-hydrogen) atoms. The fourth-order valence-electron chi connectivity index (χ4n) is 2.46. The Bertz CT molecular complexity index is 653. The Hall–Kier alpha value is -2.23. The average Bonchev–Trinajstić information content (AvgIpc) is 3.30. The van der Waals surface area contributed by atoms with E-state index < -0.39 is 0 Å². The van der Waals surface area contributed by atoms with Gasteiger partial charge >= 0.3 is 0 Å². The van der Waals surface area contributed by atoms with Crippen LogP contribution < -0.4 is 0 Å². The number of carbonyl (C=O) groups is 1. The lowest BCUT2D eigenvalue weighted by Crippen LogP contribution is -2.33. The van der Waals surface area contributed by atoms with Crippen molar-refractivity contribution in [2.45, 2.75) is 32.4 Å². The van der Waals surface area contributed by atoms with Crippen molar-refractivity contribution in [2.24, 2.45) is 0 Å². The predicted molar refractivity (Wildman–Crippen MR) is 78.3 cm³/mol. The highest BCUT2D eigenvalue weighted by atomic mass is 19.1. The van der Waals surface area contributed by atoms with Crippen LogP contribution in [0.2, 0.25) is 0 Å². The second-order valence-electron chi connectivity index (χ2n) is 5.48. The number of amides is 1. The molecule has 1 heterocycles. The smallest absolute Gasteiger partial charge is 0.254 e. The summed E-state index contributed by atoms with van der Waals surface area (Å²) in [7, 11) is 0. The zero-order valence-corrected chi connectivity index (χ0v) is 11.9. The Balaban J connectivity index is 1.85. The third-order valence-electron chi connectivity index (χ3n) is 3.77. The molecule has 108 valence electrons. The van der Waals surface area contributed by atoms with Crippen molar-refractivity contribution in [3.8, 4) is 0 Å². The summed E-state index contributed by atoms with van der Waals surface area (Å²) >= 11 is 0. The zero-order valence-electron chi connectivity index (χ0n) is 11.9. The average molecular weight is 284 g/mol. The summed E-state index contributed by atoms with van der Waals surface area (Å²) in [4.78, 5) is 18.6. The fraction of sp³-hybridized carbons (Fsp3) is 0.294. The lowest BCUT2D eigenvalue weighted by Gasteiger charge is -2.23. The van der Waals surface area contributed by atoms with Gasteiger partial charge in [-0.2, -0.15) is 0 Å². The number of pyridine rings is 1. The van der Waals surface area contributed by atoms with Crippen molar-refractivity contribution < 1.29 is 9.18 Å². The van der Waals surface area contributed by atoms with Gasteiger partial charge in [0, 0.05) is 30.5 Å². The molecule has 0 saturated heterocycles. The molecule has 3 nitrogen and oxygen atoms in total. The lowest BCUT2D eigenvalue weighted by atomic mass is 10.1. The predicted octanol–water partition coefficient (Wildman–Crippen LogP) is 3.33. The first-order chi connectivity index (χ1) is 10.1. The summed E-state index contributed by atoms with van der Waals surface area (Å²) in [5.41, 5.74) is 2.32. The van der Waals surface area contributed by atoms with Crippen LogP contribution in [-0.2, 0) is 6.54 Å². The van der Waals surface area contributed by atoms with Gasteiger partial charge < -0.3 is 4.90 Å². The van der Waals surface area contributed by atoms with Crippen LogP contribution in [0.1, 0.15) is 34.3 Å². The van der Waals surface area contributed by atoms with Gasteiger partial charge in [0.2, 0.25) is 0 Å². The van der Waals surface area contributed by atoms with Crippen molar-refractivity contribution in [2.75, 3.05) is 0 Å². The largest absolute Gasteiger partial charge is 0.331 e. The molecule has 1 aromatic carbocycles. The number of hydrogen-bond acceptors (Lipinski definition) is 2. The molecule has 1 saturated carbocycles. The summed E-state index contributed by atoms with van der Waals surface area (Å²) in [5, 5.41) is 0. The highest BCUT2D eigenvalue weighted by Crippen LogP contribution is 2.30. The van der Waals surface area contributed by atoms with Crippen molar-refractivity contribution >= 4 is 5.91 Å². The Morgan fingerprint density at radius 3 is 2.62 bits per heavy atom. The van der Waals surface area contributed by atoms with E-state index in [0.29, 0.717) is 23.7 Å². The molecule has 0 aliphatic heterocycles. The molecule has 1 aliphatic rings. The molecule has 1 fully saturated rings. The van der Waals surface area contributed by atoms with Gasteiger partial charge in [-0.25, -0.2) is 4.39 Å². The molecule has 0 bridgehead atoms. The van der Waals surface area contributed by atoms with Gasteiger partial charge in [0.05, 0.1) is 0 Å². The van der Waals surface area contributed by atoms with Crippen LogP contribution in [0.25, 0.3) is 0 Å². The highest BCUT2D eigenvalue weighted by Gasteiger charge is 2.33. The minimum Gasteiger partial charge on any atom is -0.331 e. The van der Waals surface area contributed by atoms with E-state index in [2.05, 4.69) is 4.98 Å². The van der Waals surface area contributed by atoms with E-state index in [1.165, 1.54) is 12.1 Å². The normalized spacial score (nSPS) is 14.0. The van der Waals surface area contributed by atoms with Crippen LogP contribution in [-0.4, -0.2) is 21.8 Å². The Labute approximate surface area is 123 Å². The van der Waals surface area contributed by atoms with E-state index in [-0.39, 0.29) is 11.7 Å². The maximum absolute atomic E-state index is 13.2. The first-order valence-corrected chi connectivity index (χ1v) is 7.11. The topological polar surface area (TPSA) is 33.2 Å². The number of nitrogens with zero attached hydrogens (tertiary/aromatic N) is 2. The van der Waals surface area contributed by atoms with Gasteiger partial charge in [-0.3, -0.25) is 9.78 Å². The standard InChI is InChI=1S/C17H17FN2O/c1-12-10-14(18)2-5-16(12)17(21)20(15-3-4-15)11-13-6-8-19-9-7-13/h2,5-10,15H,3-4,11H2,1H3. The van der Waals surface area contributed by atoms with Gasteiger partial charge in [0.15, 0.2) is 0 Å². The molecule has 1 amide bonds. The van der Waals surface area contributed by atoms with Crippen molar-refractivity contribution in [1.82, 2.24) is 9.88 Å². The Kier molecular flexibility index (Phi) is 3.69. The number of rotatable bonds is 4. The quantitative estimate of drug-likeness (QED) is 0.862. The molecular weight excluding hydrogens is 267 g/mol. The van der Waals surface area contributed by atoms with Gasteiger partial charge in [0.1, 0.15) is 5.82 Å². The van der Waals surface area contributed by atoms with E-state index in [1.807, 2.05) is 17.0 Å². The fourth-order valence-corrected chi connectivity index (χ4v) is 2.46. The molecule has 0 radical (unpaired) electrons. The molecule has 0 N–H and O–H groups in total. The van der Waals surface area contributed by atoms with E-state index in [4.69, 9.17) is 0 Å². The van der Waals surface area contributed by atoms with Crippen molar-refractivity contribution in [1.29, 1.82) is 0 Å². The number of aromatic nitrogens is 1. The van der Waals surface area contributed by atoms with Crippen molar-refractivity contribution in [3.05, 3.63) is 65.2 Å². The third kappa shape index (κ3) is 3.10. The lowest BCUT2D eigenvalue weighted by molar-refractivity contribution is 0.0729. The minimum atomic E-state index is -0.309. The molecule has 1 aliphatic carbocycles. The summed E-state index contributed by atoms with van der Waals surface area (Å²) in [6.45, 7) is 2.34. The molecule has 0 atom stereocenters. The molecule has 1 aromatic heterocycles. The van der Waals surface area contributed by atoms with E-state index in [1.54, 1.807) is 25.4 Å². The SMILES string of the molecule is Cc1cc(F)ccc1C(=O)N(Cc1ccncc1)C1CC1. The van der Waals surface area contributed by atoms with Gasteiger partial charge in [-0.15, -0.1) is 0 Å². The molecule has 4 heteroatoms. The summed E-state index contributed by atoms with van der Waals surface area (Å²) < 4.78 is 13.2. The van der Waals surface area contributed by atoms with Crippen LogP contribution in [0.15, 0.2) is 42.7 Å². The minimum absolute atomic E-state index is 0.0215. The van der Waals surface area contributed by atoms with Gasteiger partial charge in [-0.1, -0.05) is 0 Å². The van der Waals surface area contributed by atoms with Crippen LogP contribution >= 0.6 is 0 Å². The maximum atomic E-state index is 13.2. The first-order valence-electron chi connectivity index (χ1n) is 7.11. The number of halogens is 1. The molecule has 2 aromatic rings. The van der Waals surface area contributed by atoms with Crippen LogP contribution in [0.5, 0.6) is 0 Å². The summed E-state index contributed by atoms with van der Waals surface area (Å²) in [6, 6.07) is 8.47. The van der Waals surface area contributed by atoms with Crippen molar-refractivity contribution in [3.63, 3.8) is 0 Å². The molecule has 0 spiro atoms. The molecule has 3 rings (SSSR count). The highest BCUT2D eigenvalue weighted by molar-refractivity contribution is 5.96. The van der Waals surface area contributed by atoms with Crippen LogP contribution in [0.3, 0.4) is 0 Å². The van der Waals surface area contributed by atoms with E-state index >= 15 is 0 Å². The zero-order chi connectivity index (χ0) is 14.8. The molecular formula is C17H17FN2O. The second kappa shape index (κ2) is 5.64. The van der Waals surface area contributed by atoms with Gasteiger partial charge in [-0.05, 0) is 61.2 Å². The first kappa shape index (κ1) is 13.7. The van der Waals surface area contributed by atoms with Gasteiger partial charge in [0.25, 0.3) is 5.91 Å². The third-order valence-corrected chi connectivity index (χ3v) is 3.77. The number of hydrogen-bond donors (Lipinski definition) is 0. The van der Waals surface area contributed by atoms with Crippen LogP contribution in [0, 0.1) is 12.7 Å². The maximum Gasteiger partial charge on any atom is 0.254 e. The molecule has 0 unspecified atom stereocenters. The van der Waals surface area contributed by atoms with Crippen LogP contribution in [0.4, 0.5) is 4.39 Å². The number of aryl methyl sites for hydroxylation is 1. The number of benzene rings is 1. The second-order valence-corrected chi connectivity index (χ2v) is 5.48. The monoisotopic (exact) mass is 284 g/mol. The Morgan fingerprint density at radius 2 is 2.00 bits per heavy atom. The summed E-state index contributed by atoms with van der Waals surface area (Å²) in [5.74, 6) is -0.331. The van der Waals surface area contributed by atoms with E-state index in [9.17, 15) is 9.18 Å². The number of carbonyl (C=O) groups excluding carboxylic acids is 1. The van der Waals surface area contributed by atoms with E-state index in [0.717, 1.165) is 18.4 Å². The Morgan fingerprint density at radius 1 is 1.29 bits per heavy atom. The summed E-state index contributed by atoms with van der Waals surface area (Å²) in [6.07, 6.45) is 5.54.